The van der Waals surface area contributed by atoms with E-state index in [0.717, 1.165) is 5.56 Å². The van der Waals surface area contributed by atoms with Gasteiger partial charge in [0.15, 0.2) is 0 Å². The highest BCUT2D eigenvalue weighted by atomic mass is 16.5. The number of phenolic OH excluding ortho intramolecular Hbond substituents is 1. The van der Waals surface area contributed by atoms with Gasteiger partial charge in [0.05, 0.1) is 18.7 Å². The maximum atomic E-state index is 12.4. The molecule has 206 valence electrons. The standard InChI is InChI=1S/C25H33N5O8/c1-25(2,3)15-38-24(36)30-19(22(33)34)14-28-21(32)18-5-4-17(12-20(18)31)37-11-10-27-23(35)29-13-16-6-8-26-9-7-16/h4-9,12,19,31H,10-11,13-15H2,1-3H3,(H,28,32)(H,30,36)(H,33,34)(H2,27,29,35)/t19-/m0/s1. The van der Waals surface area contributed by atoms with Crippen molar-refractivity contribution in [3.63, 3.8) is 0 Å². The summed E-state index contributed by atoms with van der Waals surface area (Å²) in [5.74, 6) is -2.26. The number of nitrogens with zero attached hydrogens (tertiary/aromatic N) is 1. The Hall–Kier alpha value is -4.55. The maximum absolute atomic E-state index is 12.4. The summed E-state index contributed by atoms with van der Waals surface area (Å²) in [5.41, 5.74) is 0.480. The van der Waals surface area contributed by atoms with Gasteiger partial charge in [-0.2, -0.15) is 0 Å². The Morgan fingerprint density at radius 1 is 1.03 bits per heavy atom. The molecule has 1 aromatic heterocycles. The zero-order valence-corrected chi connectivity index (χ0v) is 21.4. The summed E-state index contributed by atoms with van der Waals surface area (Å²) in [4.78, 5) is 51.5. The van der Waals surface area contributed by atoms with Gasteiger partial charge >= 0.3 is 18.1 Å². The van der Waals surface area contributed by atoms with Gasteiger partial charge < -0.3 is 41.0 Å². The third kappa shape index (κ3) is 11.0. The number of phenols is 1. The van der Waals surface area contributed by atoms with Crippen molar-refractivity contribution in [3.8, 4) is 11.5 Å². The quantitative estimate of drug-likeness (QED) is 0.221. The molecule has 13 nitrogen and oxygen atoms in total. The second-order valence-corrected chi connectivity index (χ2v) is 9.37. The molecule has 13 heteroatoms. The SMILES string of the molecule is CC(C)(C)COC(=O)N[C@@H](CNC(=O)c1ccc(OCCNC(=O)NCc2ccncc2)cc1O)C(=O)O. The number of aromatic hydroxyl groups is 1. The number of rotatable bonds is 12. The number of benzene rings is 1. The largest absolute Gasteiger partial charge is 0.507 e. The van der Waals surface area contributed by atoms with Crippen LogP contribution in [0, 0.1) is 5.41 Å². The van der Waals surface area contributed by atoms with Crippen molar-refractivity contribution in [2.75, 3.05) is 26.3 Å². The lowest BCUT2D eigenvalue weighted by Gasteiger charge is -2.20. The van der Waals surface area contributed by atoms with E-state index in [9.17, 15) is 29.4 Å². The molecule has 0 unspecified atom stereocenters. The number of carbonyl (C=O) groups excluding carboxylic acids is 3. The normalized spacial score (nSPS) is 11.6. The second-order valence-electron chi connectivity index (χ2n) is 9.37. The molecule has 0 aliphatic heterocycles. The number of carbonyl (C=O) groups is 4. The summed E-state index contributed by atoms with van der Waals surface area (Å²) < 4.78 is 10.5. The van der Waals surface area contributed by atoms with Crippen molar-refractivity contribution in [2.45, 2.75) is 33.4 Å². The van der Waals surface area contributed by atoms with Crippen LogP contribution in [-0.4, -0.2) is 71.5 Å². The summed E-state index contributed by atoms with van der Waals surface area (Å²) in [6.45, 7) is 5.82. The molecule has 0 fully saturated rings. The lowest BCUT2D eigenvalue weighted by molar-refractivity contribution is -0.139. The van der Waals surface area contributed by atoms with Crippen molar-refractivity contribution < 1.29 is 38.9 Å². The van der Waals surface area contributed by atoms with Crippen LogP contribution >= 0.6 is 0 Å². The van der Waals surface area contributed by atoms with Gasteiger partial charge in [-0.3, -0.25) is 9.78 Å². The molecular weight excluding hydrogens is 498 g/mol. The van der Waals surface area contributed by atoms with Gasteiger partial charge in [0, 0.05) is 31.5 Å². The maximum Gasteiger partial charge on any atom is 0.407 e. The average molecular weight is 532 g/mol. The van der Waals surface area contributed by atoms with E-state index in [2.05, 4.69) is 26.3 Å². The Bertz CT molecular complexity index is 1100. The number of aromatic nitrogens is 1. The fraction of sp³-hybridized carbons (Fsp3) is 0.400. The Labute approximate surface area is 219 Å². The van der Waals surface area contributed by atoms with Crippen LogP contribution in [0.25, 0.3) is 0 Å². The van der Waals surface area contributed by atoms with Crippen LogP contribution in [0.5, 0.6) is 11.5 Å². The number of aliphatic carboxylic acids is 1. The molecule has 6 N–H and O–H groups in total. The van der Waals surface area contributed by atoms with Gasteiger partial charge in [-0.25, -0.2) is 14.4 Å². The number of carboxylic acids is 1. The number of urea groups is 1. The van der Waals surface area contributed by atoms with E-state index >= 15 is 0 Å². The molecule has 1 atom stereocenters. The minimum atomic E-state index is -1.44. The minimum Gasteiger partial charge on any atom is -0.507 e. The van der Waals surface area contributed by atoms with Gasteiger partial charge in [-0.1, -0.05) is 20.8 Å². The number of nitrogens with one attached hydrogen (secondary N) is 4. The predicted octanol–water partition coefficient (Wildman–Crippen LogP) is 1.62. The van der Waals surface area contributed by atoms with Gasteiger partial charge in [0.1, 0.15) is 24.1 Å². The predicted molar refractivity (Wildman–Crippen MR) is 136 cm³/mol. The Kier molecular flexibility index (Phi) is 11.1. The Morgan fingerprint density at radius 2 is 1.74 bits per heavy atom. The van der Waals surface area contributed by atoms with Crippen molar-refractivity contribution in [1.29, 1.82) is 0 Å². The first-order valence-corrected chi connectivity index (χ1v) is 11.8. The fourth-order valence-electron chi connectivity index (χ4n) is 2.83. The van der Waals surface area contributed by atoms with E-state index in [-0.39, 0.29) is 42.5 Å². The topological polar surface area (TPSA) is 188 Å². The third-order valence-electron chi connectivity index (χ3n) is 4.77. The van der Waals surface area contributed by atoms with Crippen LogP contribution in [0.3, 0.4) is 0 Å². The summed E-state index contributed by atoms with van der Waals surface area (Å²) in [6.07, 6.45) is 2.33. The lowest BCUT2D eigenvalue weighted by atomic mass is 9.99. The molecule has 0 aliphatic rings. The summed E-state index contributed by atoms with van der Waals surface area (Å²) in [7, 11) is 0. The molecule has 2 aromatic rings. The Morgan fingerprint density at radius 3 is 2.37 bits per heavy atom. The van der Waals surface area contributed by atoms with Crippen molar-refractivity contribution in [1.82, 2.24) is 26.3 Å². The van der Waals surface area contributed by atoms with Crippen LogP contribution in [0.1, 0.15) is 36.7 Å². The number of pyridine rings is 1. The highest BCUT2D eigenvalue weighted by Gasteiger charge is 2.23. The van der Waals surface area contributed by atoms with Gasteiger partial charge in [0.25, 0.3) is 5.91 Å². The van der Waals surface area contributed by atoms with Crippen LogP contribution in [-0.2, 0) is 16.1 Å². The number of alkyl carbamates (subject to hydrolysis) is 1. The highest BCUT2D eigenvalue weighted by molar-refractivity contribution is 5.97. The molecule has 0 saturated heterocycles. The van der Waals surface area contributed by atoms with E-state index in [1.54, 1.807) is 24.5 Å². The first-order valence-electron chi connectivity index (χ1n) is 11.8. The summed E-state index contributed by atoms with van der Waals surface area (Å²) in [5, 5.41) is 29.4. The number of carboxylic acid groups (broad SMARTS) is 1. The smallest absolute Gasteiger partial charge is 0.407 e. The van der Waals surface area contributed by atoms with Gasteiger partial charge in [-0.15, -0.1) is 0 Å². The molecular formula is C25H33N5O8. The van der Waals surface area contributed by atoms with Crippen LogP contribution in [0.15, 0.2) is 42.7 Å². The number of amides is 4. The van der Waals surface area contributed by atoms with E-state index < -0.39 is 36.3 Å². The lowest BCUT2D eigenvalue weighted by Crippen LogP contribution is -2.48. The summed E-state index contributed by atoms with van der Waals surface area (Å²) >= 11 is 0. The van der Waals surface area contributed by atoms with E-state index in [1.807, 2.05) is 20.8 Å². The molecule has 1 heterocycles. The van der Waals surface area contributed by atoms with Gasteiger partial charge in [0.2, 0.25) is 0 Å². The molecule has 4 amide bonds. The molecule has 0 spiro atoms. The number of ether oxygens (including phenoxy) is 2. The molecule has 2 rings (SSSR count). The first kappa shape index (κ1) is 29.7. The highest BCUT2D eigenvalue weighted by Crippen LogP contribution is 2.23. The molecule has 0 radical (unpaired) electrons. The number of hydrogen-bond donors (Lipinski definition) is 6. The third-order valence-corrected chi connectivity index (χ3v) is 4.77. The molecule has 38 heavy (non-hydrogen) atoms. The summed E-state index contributed by atoms with van der Waals surface area (Å²) in [6, 6.07) is 5.71. The minimum absolute atomic E-state index is 0.0788. The van der Waals surface area contributed by atoms with Crippen molar-refractivity contribution in [2.24, 2.45) is 5.41 Å². The van der Waals surface area contributed by atoms with Gasteiger partial charge in [-0.05, 0) is 35.2 Å². The fourth-order valence-corrected chi connectivity index (χ4v) is 2.83. The van der Waals surface area contributed by atoms with Crippen molar-refractivity contribution in [3.05, 3.63) is 53.9 Å². The monoisotopic (exact) mass is 531 g/mol. The van der Waals surface area contributed by atoms with Crippen LogP contribution in [0.4, 0.5) is 9.59 Å². The molecule has 0 bridgehead atoms. The van der Waals surface area contributed by atoms with E-state index in [4.69, 9.17) is 9.47 Å². The van der Waals surface area contributed by atoms with Crippen LogP contribution in [0.2, 0.25) is 0 Å². The van der Waals surface area contributed by atoms with E-state index in [1.165, 1.54) is 18.2 Å². The Balaban J connectivity index is 1.76. The number of hydrogen-bond acceptors (Lipinski definition) is 8. The zero-order chi connectivity index (χ0) is 28.1. The first-order chi connectivity index (χ1) is 17.9. The van der Waals surface area contributed by atoms with Crippen LogP contribution < -0.4 is 26.0 Å². The molecule has 0 aliphatic carbocycles. The molecule has 1 aromatic carbocycles. The second kappa shape index (κ2) is 14.3. The van der Waals surface area contributed by atoms with Crippen molar-refractivity contribution >= 4 is 24.0 Å². The average Bonchev–Trinajstić information content (AvgIpc) is 2.86. The van der Waals surface area contributed by atoms with E-state index in [0.29, 0.717) is 6.54 Å². The molecule has 0 saturated carbocycles. The zero-order valence-electron chi connectivity index (χ0n) is 21.4.